The summed E-state index contributed by atoms with van der Waals surface area (Å²) in [5.74, 6) is 0.243. The number of carboxylic acid groups (broad SMARTS) is 1. The second kappa shape index (κ2) is 6.68. The quantitative estimate of drug-likeness (QED) is 0.677. The zero-order chi connectivity index (χ0) is 17.1. The molecule has 7 heteroatoms. The zero-order valence-electron chi connectivity index (χ0n) is 13.4. The third-order valence-electron chi connectivity index (χ3n) is 3.69. The highest BCUT2D eigenvalue weighted by Gasteiger charge is 2.23. The monoisotopic (exact) mass is 320 g/mol. The maximum absolute atomic E-state index is 11.2. The van der Waals surface area contributed by atoms with Crippen molar-refractivity contribution in [3.8, 4) is 5.75 Å². The standard InChI is InChI=1S/C16H20N2O5/c1-10(2)23-15-9-13(11(3)8-14(15)18(21)22)12-4-6-17(7-5-12)16(19)20/h4,8-10H,5-7H2,1-3H3,(H,19,20). The lowest BCUT2D eigenvalue weighted by molar-refractivity contribution is -0.386. The van der Waals surface area contributed by atoms with Crippen molar-refractivity contribution >= 4 is 17.4 Å². The number of ether oxygens (including phenoxy) is 1. The van der Waals surface area contributed by atoms with Gasteiger partial charge in [0.25, 0.3) is 0 Å². The van der Waals surface area contributed by atoms with E-state index in [0.717, 1.165) is 16.7 Å². The Balaban J connectivity index is 2.39. The van der Waals surface area contributed by atoms with Crippen LogP contribution in [-0.4, -0.2) is 40.2 Å². The highest BCUT2D eigenvalue weighted by atomic mass is 16.6. The Kier molecular flexibility index (Phi) is 4.88. The van der Waals surface area contributed by atoms with Gasteiger partial charge in [0.15, 0.2) is 5.75 Å². The predicted octanol–water partition coefficient (Wildman–Crippen LogP) is 3.46. The Labute approximate surface area is 134 Å². The first-order valence-electron chi connectivity index (χ1n) is 7.42. The van der Waals surface area contributed by atoms with E-state index in [1.807, 2.05) is 26.8 Å². The van der Waals surface area contributed by atoms with E-state index in [4.69, 9.17) is 9.84 Å². The predicted molar refractivity (Wildman–Crippen MR) is 85.8 cm³/mol. The van der Waals surface area contributed by atoms with Crippen molar-refractivity contribution in [2.24, 2.45) is 0 Å². The molecule has 0 aromatic heterocycles. The fraction of sp³-hybridized carbons (Fsp3) is 0.438. The van der Waals surface area contributed by atoms with Gasteiger partial charge in [0.05, 0.1) is 11.0 Å². The molecule has 0 aliphatic carbocycles. The van der Waals surface area contributed by atoms with E-state index >= 15 is 0 Å². The third kappa shape index (κ3) is 3.80. The van der Waals surface area contributed by atoms with Crippen molar-refractivity contribution in [3.63, 3.8) is 0 Å². The van der Waals surface area contributed by atoms with Crippen LogP contribution in [-0.2, 0) is 0 Å². The smallest absolute Gasteiger partial charge is 0.407 e. The van der Waals surface area contributed by atoms with Crippen molar-refractivity contribution in [2.45, 2.75) is 33.3 Å². The molecule has 1 heterocycles. The lowest BCUT2D eigenvalue weighted by Crippen LogP contribution is -2.33. The van der Waals surface area contributed by atoms with E-state index in [2.05, 4.69) is 0 Å². The van der Waals surface area contributed by atoms with Crippen LogP contribution in [0.3, 0.4) is 0 Å². The summed E-state index contributed by atoms with van der Waals surface area (Å²) in [7, 11) is 0. The number of rotatable bonds is 4. The number of nitrogens with zero attached hydrogens (tertiary/aromatic N) is 2. The molecular weight excluding hydrogens is 300 g/mol. The highest BCUT2D eigenvalue weighted by Crippen LogP contribution is 2.35. The van der Waals surface area contributed by atoms with E-state index in [0.29, 0.717) is 19.5 Å². The van der Waals surface area contributed by atoms with Gasteiger partial charge in [-0.2, -0.15) is 0 Å². The van der Waals surface area contributed by atoms with Crippen LogP contribution in [0.2, 0.25) is 0 Å². The van der Waals surface area contributed by atoms with Gasteiger partial charge in [0, 0.05) is 19.2 Å². The Morgan fingerprint density at radius 1 is 1.43 bits per heavy atom. The maximum atomic E-state index is 11.2. The normalized spacial score (nSPS) is 14.6. The molecule has 0 bridgehead atoms. The minimum Gasteiger partial charge on any atom is -0.484 e. The van der Waals surface area contributed by atoms with E-state index in [1.165, 1.54) is 11.0 Å². The van der Waals surface area contributed by atoms with E-state index < -0.39 is 11.0 Å². The van der Waals surface area contributed by atoms with Gasteiger partial charge in [-0.15, -0.1) is 0 Å². The molecule has 23 heavy (non-hydrogen) atoms. The topological polar surface area (TPSA) is 92.9 Å². The highest BCUT2D eigenvalue weighted by molar-refractivity contribution is 5.74. The van der Waals surface area contributed by atoms with Gasteiger partial charge in [-0.25, -0.2) is 4.79 Å². The first kappa shape index (κ1) is 16.8. The van der Waals surface area contributed by atoms with Gasteiger partial charge >= 0.3 is 11.8 Å². The number of hydrogen-bond donors (Lipinski definition) is 1. The van der Waals surface area contributed by atoms with Crippen molar-refractivity contribution < 1.29 is 19.6 Å². The number of amides is 1. The van der Waals surface area contributed by atoms with Gasteiger partial charge < -0.3 is 14.7 Å². The Morgan fingerprint density at radius 3 is 2.61 bits per heavy atom. The molecule has 0 radical (unpaired) electrons. The number of nitro benzene ring substituents is 1. The number of hydrogen-bond acceptors (Lipinski definition) is 4. The van der Waals surface area contributed by atoms with Crippen LogP contribution < -0.4 is 4.74 Å². The molecule has 1 aliphatic heterocycles. The molecule has 1 aromatic rings. The van der Waals surface area contributed by atoms with Gasteiger partial charge in [0.2, 0.25) is 0 Å². The first-order chi connectivity index (χ1) is 10.8. The fourth-order valence-electron chi connectivity index (χ4n) is 2.60. The molecule has 0 fully saturated rings. The van der Waals surface area contributed by atoms with Crippen LogP contribution >= 0.6 is 0 Å². The molecule has 0 unspecified atom stereocenters. The summed E-state index contributed by atoms with van der Waals surface area (Å²) in [6.07, 6.45) is 1.31. The summed E-state index contributed by atoms with van der Waals surface area (Å²) in [4.78, 5) is 23.0. The molecule has 2 rings (SSSR count). The molecule has 1 aliphatic rings. The first-order valence-corrected chi connectivity index (χ1v) is 7.42. The Morgan fingerprint density at radius 2 is 2.13 bits per heavy atom. The van der Waals surface area contributed by atoms with E-state index in [1.54, 1.807) is 6.07 Å². The molecular formula is C16H20N2O5. The Hall–Kier alpha value is -2.57. The minimum atomic E-state index is -0.940. The zero-order valence-corrected chi connectivity index (χ0v) is 13.4. The lowest BCUT2D eigenvalue weighted by atomic mass is 9.95. The van der Waals surface area contributed by atoms with E-state index in [-0.39, 0.29) is 17.5 Å². The molecule has 7 nitrogen and oxygen atoms in total. The second-order valence-electron chi connectivity index (χ2n) is 5.77. The molecule has 0 saturated carbocycles. The van der Waals surface area contributed by atoms with Gasteiger partial charge in [-0.3, -0.25) is 10.1 Å². The summed E-state index contributed by atoms with van der Waals surface area (Å²) in [6.45, 7) is 6.17. The Bertz CT molecular complexity index is 667. The average Bonchev–Trinajstić information content (AvgIpc) is 2.48. The molecule has 1 aromatic carbocycles. The molecule has 0 saturated heterocycles. The van der Waals surface area contributed by atoms with Crippen molar-refractivity contribution in [2.75, 3.05) is 13.1 Å². The number of benzene rings is 1. The van der Waals surface area contributed by atoms with Gasteiger partial charge in [-0.1, -0.05) is 6.08 Å². The summed E-state index contributed by atoms with van der Waals surface area (Å²) >= 11 is 0. The fourth-order valence-corrected chi connectivity index (χ4v) is 2.60. The van der Waals surface area contributed by atoms with Crippen molar-refractivity contribution in [1.29, 1.82) is 0 Å². The third-order valence-corrected chi connectivity index (χ3v) is 3.69. The summed E-state index contributed by atoms with van der Waals surface area (Å²) in [5, 5.41) is 20.2. The summed E-state index contributed by atoms with van der Waals surface area (Å²) in [6, 6.07) is 3.20. The molecule has 0 spiro atoms. The van der Waals surface area contributed by atoms with Crippen LogP contribution in [0, 0.1) is 17.0 Å². The number of nitro groups is 1. The van der Waals surface area contributed by atoms with E-state index in [9.17, 15) is 14.9 Å². The largest absolute Gasteiger partial charge is 0.484 e. The number of aryl methyl sites for hydroxylation is 1. The van der Waals surface area contributed by atoms with Gasteiger partial charge in [0.1, 0.15) is 0 Å². The van der Waals surface area contributed by atoms with Crippen molar-refractivity contribution in [1.82, 2.24) is 4.90 Å². The molecule has 0 atom stereocenters. The van der Waals surface area contributed by atoms with Gasteiger partial charge in [-0.05, 0) is 50.0 Å². The summed E-state index contributed by atoms with van der Waals surface area (Å²) < 4.78 is 5.58. The van der Waals surface area contributed by atoms with Crippen LogP contribution in [0.25, 0.3) is 5.57 Å². The SMILES string of the molecule is Cc1cc([N+](=O)[O-])c(OC(C)C)cc1C1=CCN(C(=O)O)CC1. The van der Waals surface area contributed by atoms with Crippen molar-refractivity contribution in [3.05, 3.63) is 39.4 Å². The number of carbonyl (C=O) groups is 1. The second-order valence-corrected chi connectivity index (χ2v) is 5.77. The summed E-state index contributed by atoms with van der Waals surface area (Å²) in [5.41, 5.74) is 2.59. The van der Waals surface area contributed by atoms with Crippen LogP contribution in [0.15, 0.2) is 18.2 Å². The minimum absolute atomic E-state index is 0.0523. The van der Waals surface area contributed by atoms with Crippen LogP contribution in [0.5, 0.6) is 5.75 Å². The van der Waals surface area contributed by atoms with Crippen LogP contribution in [0.1, 0.15) is 31.4 Å². The molecule has 124 valence electrons. The lowest BCUT2D eigenvalue weighted by Gasteiger charge is -2.25. The average molecular weight is 320 g/mol. The maximum Gasteiger partial charge on any atom is 0.407 e. The molecule has 1 N–H and O–H groups in total. The van der Waals surface area contributed by atoms with Crippen LogP contribution in [0.4, 0.5) is 10.5 Å². The molecule has 1 amide bonds.